The number of nitrogens with one attached hydrogen (secondary N) is 1. The summed E-state index contributed by atoms with van der Waals surface area (Å²) >= 11 is 0. The Labute approximate surface area is 149 Å². The summed E-state index contributed by atoms with van der Waals surface area (Å²) in [7, 11) is 1.93. The molecule has 0 atom stereocenters. The van der Waals surface area contributed by atoms with Crippen LogP contribution in [0.3, 0.4) is 0 Å². The highest BCUT2D eigenvalue weighted by Gasteiger charge is 2.08. The van der Waals surface area contributed by atoms with Crippen LogP contribution in [0, 0.1) is 20.8 Å². The van der Waals surface area contributed by atoms with Gasteiger partial charge in [-0.25, -0.2) is 4.98 Å². The highest BCUT2D eigenvalue weighted by atomic mass is 16.5. The number of hydrogen-bond acceptors (Lipinski definition) is 3. The number of pyridine rings is 1. The Morgan fingerprint density at radius 1 is 0.920 bits per heavy atom. The van der Waals surface area contributed by atoms with Crippen molar-refractivity contribution in [2.75, 3.05) is 12.4 Å². The van der Waals surface area contributed by atoms with Crippen molar-refractivity contribution >= 4 is 5.69 Å². The molecule has 3 heteroatoms. The molecule has 3 nitrogen and oxygen atoms in total. The number of benzene rings is 2. The maximum absolute atomic E-state index is 5.96. The summed E-state index contributed by atoms with van der Waals surface area (Å²) in [4.78, 5) is 4.63. The first-order chi connectivity index (χ1) is 12.1. The highest BCUT2D eigenvalue weighted by molar-refractivity contribution is 5.66. The summed E-state index contributed by atoms with van der Waals surface area (Å²) in [6.07, 6.45) is 0. The second-order valence-corrected chi connectivity index (χ2v) is 6.29. The molecule has 0 amide bonds. The lowest BCUT2D eigenvalue weighted by molar-refractivity contribution is 0.293. The molecule has 0 aliphatic carbocycles. The van der Waals surface area contributed by atoms with Gasteiger partial charge < -0.3 is 10.1 Å². The van der Waals surface area contributed by atoms with Gasteiger partial charge in [-0.2, -0.15) is 0 Å². The summed E-state index contributed by atoms with van der Waals surface area (Å²) in [5, 5.41) is 3.22. The predicted molar refractivity (Wildman–Crippen MR) is 104 cm³/mol. The smallest absolute Gasteiger partial charge is 0.213 e. The first-order valence-corrected chi connectivity index (χ1v) is 8.52. The molecule has 3 rings (SSSR count). The van der Waals surface area contributed by atoms with Crippen molar-refractivity contribution in [1.82, 2.24) is 4.98 Å². The van der Waals surface area contributed by atoms with Gasteiger partial charge in [0.1, 0.15) is 6.61 Å². The molecule has 1 aromatic heterocycles. The van der Waals surface area contributed by atoms with Crippen molar-refractivity contribution < 1.29 is 4.74 Å². The van der Waals surface area contributed by atoms with Crippen molar-refractivity contribution in [3.8, 4) is 17.0 Å². The number of aromatic nitrogens is 1. The summed E-state index contributed by atoms with van der Waals surface area (Å²) in [5.41, 5.74) is 8.01. The lowest BCUT2D eigenvalue weighted by Gasteiger charge is -2.14. The Bertz CT molecular complexity index is 870. The van der Waals surface area contributed by atoms with E-state index in [-0.39, 0.29) is 0 Å². The van der Waals surface area contributed by atoms with Gasteiger partial charge in [0, 0.05) is 35.6 Å². The summed E-state index contributed by atoms with van der Waals surface area (Å²) < 4.78 is 5.96. The zero-order chi connectivity index (χ0) is 17.8. The molecule has 0 bridgehead atoms. The van der Waals surface area contributed by atoms with Gasteiger partial charge in [-0.3, -0.25) is 0 Å². The van der Waals surface area contributed by atoms with Crippen LogP contribution in [-0.4, -0.2) is 12.0 Å². The zero-order valence-electron chi connectivity index (χ0n) is 15.3. The molecule has 0 aliphatic rings. The van der Waals surface area contributed by atoms with Gasteiger partial charge in [-0.1, -0.05) is 42.0 Å². The molecule has 25 heavy (non-hydrogen) atoms. The van der Waals surface area contributed by atoms with E-state index in [1.807, 2.05) is 26.1 Å². The largest absolute Gasteiger partial charge is 0.473 e. The van der Waals surface area contributed by atoms with Crippen molar-refractivity contribution in [3.63, 3.8) is 0 Å². The Balaban J connectivity index is 1.79. The second-order valence-electron chi connectivity index (χ2n) is 6.29. The zero-order valence-corrected chi connectivity index (χ0v) is 15.3. The van der Waals surface area contributed by atoms with Crippen molar-refractivity contribution in [2.24, 2.45) is 0 Å². The number of ether oxygens (including phenoxy) is 1. The van der Waals surface area contributed by atoms with E-state index < -0.39 is 0 Å². The minimum atomic E-state index is 0.499. The fourth-order valence-electron chi connectivity index (χ4n) is 2.93. The fourth-order valence-corrected chi connectivity index (χ4v) is 2.93. The first-order valence-electron chi connectivity index (χ1n) is 8.52. The maximum atomic E-state index is 5.96. The lowest BCUT2D eigenvalue weighted by Crippen LogP contribution is -2.04. The van der Waals surface area contributed by atoms with E-state index in [2.05, 4.69) is 66.6 Å². The quantitative estimate of drug-likeness (QED) is 0.689. The standard InChI is InChI=1S/C22H24N2O/c1-15-8-10-18(11-9-15)19-12-13-22(24-17(19)3)25-14-20-16(2)6-5-7-21(20)23-4/h5-13,23H,14H2,1-4H3. The fraction of sp³-hybridized carbons (Fsp3) is 0.227. The number of hydrogen-bond donors (Lipinski definition) is 1. The molecule has 0 radical (unpaired) electrons. The van der Waals surface area contributed by atoms with Gasteiger partial charge in [-0.05, 0) is 44.0 Å². The van der Waals surface area contributed by atoms with Gasteiger partial charge >= 0.3 is 0 Å². The average molecular weight is 332 g/mol. The third-order valence-electron chi connectivity index (χ3n) is 4.47. The van der Waals surface area contributed by atoms with Crippen molar-refractivity contribution in [2.45, 2.75) is 27.4 Å². The molecule has 0 spiro atoms. The molecule has 0 unspecified atom stereocenters. The van der Waals surface area contributed by atoms with Crippen LogP contribution in [0.15, 0.2) is 54.6 Å². The Hall–Kier alpha value is -2.81. The normalized spacial score (nSPS) is 10.6. The molecule has 3 aromatic rings. The molecule has 2 aromatic carbocycles. The predicted octanol–water partition coefficient (Wildman–Crippen LogP) is 5.29. The molecular weight excluding hydrogens is 308 g/mol. The molecule has 0 saturated heterocycles. The van der Waals surface area contributed by atoms with Gasteiger partial charge in [0.15, 0.2) is 0 Å². The number of rotatable bonds is 5. The van der Waals surface area contributed by atoms with Crippen LogP contribution in [0.1, 0.15) is 22.4 Å². The minimum absolute atomic E-state index is 0.499. The number of nitrogens with zero attached hydrogens (tertiary/aromatic N) is 1. The van der Waals surface area contributed by atoms with Crippen molar-refractivity contribution in [3.05, 3.63) is 77.0 Å². The van der Waals surface area contributed by atoms with E-state index in [0.29, 0.717) is 12.5 Å². The van der Waals surface area contributed by atoms with E-state index in [1.165, 1.54) is 16.7 Å². The molecule has 0 saturated carbocycles. The Morgan fingerprint density at radius 2 is 1.68 bits per heavy atom. The van der Waals surface area contributed by atoms with E-state index in [9.17, 15) is 0 Å². The van der Waals surface area contributed by atoms with Crippen LogP contribution in [0.25, 0.3) is 11.1 Å². The highest BCUT2D eigenvalue weighted by Crippen LogP contribution is 2.26. The van der Waals surface area contributed by atoms with Crippen LogP contribution in [0.2, 0.25) is 0 Å². The van der Waals surface area contributed by atoms with Gasteiger partial charge in [0.2, 0.25) is 5.88 Å². The topological polar surface area (TPSA) is 34.1 Å². The summed E-state index contributed by atoms with van der Waals surface area (Å²) in [6, 6.07) is 18.7. The van der Waals surface area contributed by atoms with Gasteiger partial charge in [0.25, 0.3) is 0 Å². The third kappa shape index (κ3) is 3.82. The van der Waals surface area contributed by atoms with Crippen LogP contribution >= 0.6 is 0 Å². The first kappa shape index (κ1) is 17.0. The summed E-state index contributed by atoms with van der Waals surface area (Å²) in [6.45, 7) is 6.71. The number of anilines is 1. The molecular formula is C22H24N2O. The molecule has 0 aliphatic heterocycles. The third-order valence-corrected chi connectivity index (χ3v) is 4.47. The average Bonchev–Trinajstić information content (AvgIpc) is 2.61. The molecule has 0 fully saturated rings. The van der Waals surface area contributed by atoms with E-state index >= 15 is 0 Å². The molecule has 128 valence electrons. The van der Waals surface area contributed by atoms with Crippen LogP contribution < -0.4 is 10.1 Å². The van der Waals surface area contributed by atoms with Gasteiger partial charge in [0.05, 0.1) is 0 Å². The van der Waals surface area contributed by atoms with E-state index in [0.717, 1.165) is 22.5 Å². The van der Waals surface area contributed by atoms with Crippen LogP contribution in [0.4, 0.5) is 5.69 Å². The minimum Gasteiger partial charge on any atom is -0.473 e. The Morgan fingerprint density at radius 3 is 2.36 bits per heavy atom. The molecule has 1 heterocycles. The lowest BCUT2D eigenvalue weighted by atomic mass is 10.0. The SMILES string of the molecule is CNc1cccc(C)c1COc1ccc(-c2ccc(C)cc2)c(C)n1. The van der Waals surface area contributed by atoms with Crippen LogP contribution in [-0.2, 0) is 6.61 Å². The molecule has 1 N–H and O–H groups in total. The monoisotopic (exact) mass is 332 g/mol. The van der Waals surface area contributed by atoms with Crippen LogP contribution in [0.5, 0.6) is 5.88 Å². The Kier molecular flexibility index (Phi) is 5.03. The van der Waals surface area contributed by atoms with E-state index in [4.69, 9.17) is 4.74 Å². The van der Waals surface area contributed by atoms with E-state index in [1.54, 1.807) is 0 Å². The van der Waals surface area contributed by atoms with Crippen molar-refractivity contribution in [1.29, 1.82) is 0 Å². The second kappa shape index (κ2) is 7.39. The summed E-state index contributed by atoms with van der Waals surface area (Å²) in [5.74, 6) is 0.652. The maximum Gasteiger partial charge on any atom is 0.213 e. The number of aryl methyl sites for hydroxylation is 3. The van der Waals surface area contributed by atoms with Gasteiger partial charge in [-0.15, -0.1) is 0 Å².